The number of phenolic OH excluding ortho intramolecular Hbond substituents is 1. The predicted molar refractivity (Wildman–Crippen MR) is 80.7 cm³/mol. The van der Waals surface area contributed by atoms with E-state index < -0.39 is 5.91 Å². The molecule has 0 unspecified atom stereocenters. The lowest BCUT2D eigenvalue weighted by Gasteiger charge is -2.06. The van der Waals surface area contributed by atoms with Crippen LogP contribution in [0.2, 0.25) is 0 Å². The van der Waals surface area contributed by atoms with Crippen LogP contribution in [0.15, 0.2) is 52.8 Å². The average Bonchev–Trinajstić information content (AvgIpc) is 3.02. The van der Waals surface area contributed by atoms with Crippen molar-refractivity contribution in [3.63, 3.8) is 0 Å². The summed E-state index contributed by atoms with van der Waals surface area (Å²) < 4.78 is 5.09. The van der Waals surface area contributed by atoms with Crippen LogP contribution >= 0.6 is 0 Å². The zero-order valence-electron chi connectivity index (χ0n) is 12.0. The van der Waals surface area contributed by atoms with Crippen molar-refractivity contribution in [2.45, 2.75) is 13.5 Å². The fraction of sp³-hybridized carbons (Fsp3) is 0.125. The van der Waals surface area contributed by atoms with Crippen molar-refractivity contribution in [2.75, 3.05) is 5.32 Å². The number of carbonyl (C=O) groups excluding carboxylic acids is 1. The third-order valence-corrected chi connectivity index (χ3v) is 2.89. The second-order valence-electron chi connectivity index (χ2n) is 4.60. The molecular formula is C16H15N3O3. The van der Waals surface area contributed by atoms with E-state index in [4.69, 9.17) is 9.68 Å². The number of phenols is 1. The molecule has 6 heteroatoms. The standard InChI is InChI=1S/C16H15N3O3/c1-11-4-5-15(20)14(7-11)18-9-12(8-17)16(21)19-10-13-3-2-6-22-13/h2-7,9,18,20H,10H2,1H3,(H,19,21)/b12-9-. The van der Waals surface area contributed by atoms with Crippen molar-refractivity contribution in [1.82, 2.24) is 5.32 Å². The molecule has 0 bridgehead atoms. The molecule has 112 valence electrons. The maximum Gasteiger partial charge on any atom is 0.263 e. The van der Waals surface area contributed by atoms with Gasteiger partial charge in [0.25, 0.3) is 5.91 Å². The summed E-state index contributed by atoms with van der Waals surface area (Å²) in [4.78, 5) is 11.9. The number of amides is 1. The molecule has 2 aromatic rings. The Kier molecular flexibility index (Phi) is 4.83. The molecule has 6 nitrogen and oxygen atoms in total. The third-order valence-electron chi connectivity index (χ3n) is 2.89. The Morgan fingerprint density at radius 2 is 2.27 bits per heavy atom. The summed E-state index contributed by atoms with van der Waals surface area (Å²) in [6.07, 6.45) is 2.76. The number of aromatic hydroxyl groups is 1. The summed E-state index contributed by atoms with van der Waals surface area (Å²) >= 11 is 0. The number of anilines is 1. The van der Waals surface area contributed by atoms with E-state index in [0.717, 1.165) is 5.56 Å². The lowest BCUT2D eigenvalue weighted by Crippen LogP contribution is -2.24. The van der Waals surface area contributed by atoms with Crippen LogP contribution in [0.5, 0.6) is 5.75 Å². The number of benzene rings is 1. The van der Waals surface area contributed by atoms with E-state index in [-0.39, 0.29) is 17.9 Å². The second kappa shape index (κ2) is 6.99. The highest BCUT2D eigenvalue weighted by Crippen LogP contribution is 2.23. The van der Waals surface area contributed by atoms with Gasteiger partial charge < -0.3 is 20.2 Å². The van der Waals surface area contributed by atoms with Crippen molar-refractivity contribution in [3.05, 3.63) is 59.7 Å². The molecule has 0 aliphatic carbocycles. The molecule has 0 aliphatic heterocycles. The molecule has 0 atom stereocenters. The highest BCUT2D eigenvalue weighted by Gasteiger charge is 2.09. The number of hydrogen-bond acceptors (Lipinski definition) is 5. The minimum absolute atomic E-state index is 0.0372. The lowest BCUT2D eigenvalue weighted by atomic mass is 10.2. The van der Waals surface area contributed by atoms with E-state index in [1.54, 1.807) is 24.3 Å². The highest BCUT2D eigenvalue weighted by atomic mass is 16.3. The zero-order chi connectivity index (χ0) is 15.9. The number of aryl methyl sites for hydroxylation is 1. The van der Waals surface area contributed by atoms with Crippen LogP contribution in [0, 0.1) is 18.3 Å². The maximum atomic E-state index is 11.9. The van der Waals surface area contributed by atoms with Gasteiger partial charge in [0.05, 0.1) is 18.5 Å². The van der Waals surface area contributed by atoms with Gasteiger partial charge in [0, 0.05) is 6.20 Å². The Balaban J connectivity index is 2.02. The molecular weight excluding hydrogens is 282 g/mol. The third kappa shape index (κ3) is 3.90. The topological polar surface area (TPSA) is 98.3 Å². The molecule has 0 fully saturated rings. The van der Waals surface area contributed by atoms with Crippen LogP contribution in [0.4, 0.5) is 5.69 Å². The summed E-state index contributed by atoms with van der Waals surface area (Å²) in [5.74, 6) is 0.101. The van der Waals surface area contributed by atoms with E-state index in [1.807, 2.05) is 13.0 Å². The number of hydrogen-bond donors (Lipinski definition) is 3. The van der Waals surface area contributed by atoms with Gasteiger partial charge in [0.15, 0.2) is 0 Å². The minimum Gasteiger partial charge on any atom is -0.506 e. The van der Waals surface area contributed by atoms with Gasteiger partial charge in [0.2, 0.25) is 0 Å². The molecule has 0 spiro atoms. The summed E-state index contributed by atoms with van der Waals surface area (Å²) in [7, 11) is 0. The van der Waals surface area contributed by atoms with Crippen LogP contribution in [0.3, 0.4) is 0 Å². The van der Waals surface area contributed by atoms with Crippen molar-refractivity contribution in [3.8, 4) is 11.8 Å². The number of furan rings is 1. The van der Waals surface area contributed by atoms with Gasteiger partial charge in [-0.15, -0.1) is 0 Å². The quantitative estimate of drug-likeness (QED) is 0.447. The van der Waals surface area contributed by atoms with Gasteiger partial charge in [-0.05, 0) is 36.8 Å². The van der Waals surface area contributed by atoms with E-state index in [0.29, 0.717) is 11.4 Å². The van der Waals surface area contributed by atoms with E-state index in [2.05, 4.69) is 10.6 Å². The molecule has 2 rings (SSSR count). The fourth-order valence-electron chi connectivity index (χ4n) is 1.74. The molecule has 0 radical (unpaired) electrons. The number of rotatable bonds is 5. The SMILES string of the molecule is Cc1ccc(O)c(N/C=C(/C#N)C(=O)NCc2ccco2)c1. The first-order chi connectivity index (χ1) is 10.6. The van der Waals surface area contributed by atoms with Crippen LogP contribution < -0.4 is 10.6 Å². The molecule has 3 N–H and O–H groups in total. The van der Waals surface area contributed by atoms with Gasteiger partial charge in [-0.1, -0.05) is 6.07 Å². The lowest BCUT2D eigenvalue weighted by molar-refractivity contribution is -0.117. The number of nitriles is 1. The van der Waals surface area contributed by atoms with E-state index >= 15 is 0 Å². The van der Waals surface area contributed by atoms with Crippen molar-refractivity contribution < 1.29 is 14.3 Å². The molecule has 0 saturated heterocycles. The maximum absolute atomic E-state index is 11.9. The number of nitrogens with zero attached hydrogens (tertiary/aromatic N) is 1. The first-order valence-corrected chi connectivity index (χ1v) is 6.57. The minimum atomic E-state index is -0.529. The molecule has 22 heavy (non-hydrogen) atoms. The fourth-order valence-corrected chi connectivity index (χ4v) is 1.74. The summed E-state index contributed by atoms with van der Waals surface area (Å²) in [5.41, 5.74) is 1.26. The van der Waals surface area contributed by atoms with Gasteiger partial charge >= 0.3 is 0 Å². The van der Waals surface area contributed by atoms with Gasteiger partial charge in [-0.25, -0.2) is 0 Å². The summed E-state index contributed by atoms with van der Waals surface area (Å²) in [5, 5.41) is 24.1. The number of nitrogens with one attached hydrogen (secondary N) is 2. The molecule has 1 heterocycles. The number of carbonyl (C=O) groups is 1. The second-order valence-corrected chi connectivity index (χ2v) is 4.60. The van der Waals surface area contributed by atoms with Gasteiger partial charge in [-0.2, -0.15) is 5.26 Å². The first-order valence-electron chi connectivity index (χ1n) is 6.57. The largest absolute Gasteiger partial charge is 0.506 e. The van der Waals surface area contributed by atoms with Gasteiger partial charge in [0.1, 0.15) is 23.2 Å². The molecule has 1 amide bonds. The smallest absolute Gasteiger partial charge is 0.263 e. The Bertz CT molecular complexity index is 728. The monoisotopic (exact) mass is 297 g/mol. The van der Waals surface area contributed by atoms with Crippen LogP contribution in [-0.4, -0.2) is 11.0 Å². The average molecular weight is 297 g/mol. The summed E-state index contributed by atoms with van der Waals surface area (Å²) in [6.45, 7) is 2.07. The predicted octanol–water partition coefficient (Wildman–Crippen LogP) is 2.43. The van der Waals surface area contributed by atoms with Crippen molar-refractivity contribution >= 4 is 11.6 Å². The van der Waals surface area contributed by atoms with Crippen LogP contribution in [0.25, 0.3) is 0 Å². The highest BCUT2D eigenvalue weighted by molar-refractivity contribution is 5.97. The summed E-state index contributed by atoms with van der Waals surface area (Å²) in [6, 6.07) is 10.2. The van der Waals surface area contributed by atoms with E-state index in [1.165, 1.54) is 18.5 Å². The van der Waals surface area contributed by atoms with Crippen LogP contribution in [0.1, 0.15) is 11.3 Å². The Morgan fingerprint density at radius 1 is 1.45 bits per heavy atom. The molecule has 1 aromatic heterocycles. The van der Waals surface area contributed by atoms with E-state index in [9.17, 15) is 9.90 Å². The molecule has 1 aromatic carbocycles. The zero-order valence-corrected chi connectivity index (χ0v) is 12.0. The van der Waals surface area contributed by atoms with Crippen molar-refractivity contribution in [1.29, 1.82) is 5.26 Å². The first kappa shape index (κ1) is 15.2. The van der Waals surface area contributed by atoms with Crippen LogP contribution in [-0.2, 0) is 11.3 Å². The molecule has 0 saturated carbocycles. The Hall–Kier alpha value is -3.20. The molecule has 0 aliphatic rings. The van der Waals surface area contributed by atoms with Gasteiger partial charge in [-0.3, -0.25) is 4.79 Å². The Morgan fingerprint density at radius 3 is 2.95 bits per heavy atom. The normalized spacial score (nSPS) is 10.8. The Labute approximate surface area is 127 Å². The van der Waals surface area contributed by atoms with Crippen molar-refractivity contribution in [2.24, 2.45) is 0 Å².